The van der Waals surface area contributed by atoms with Gasteiger partial charge in [0.05, 0.1) is 17.4 Å². The molecule has 3 aromatic heterocycles. The molecule has 1 saturated heterocycles. The molecule has 13 heteroatoms. The molecule has 12 nitrogen and oxygen atoms in total. The number of fused-ring (bicyclic) bond motifs is 1. The molecular formula is C31H35N7O5S. The molecule has 1 aliphatic heterocycles. The van der Waals surface area contributed by atoms with Gasteiger partial charge in [0.15, 0.2) is 5.78 Å². The van der Waals surface area contributed by atoms with Gasteiger partial charge in [-0.3, -0.25) is 14.2 Å². The van der Waals surface area contributed by atoms with E-state index in [4.69, 9.17) is 9.17 Å². The minimum atomic E-state index is -3.90. The second-order valence-electron chi connectivity index (χ2n) is 11.4. The van der Waals surface area contributed by atoms with Crippen LogP contribution in [0.4, 0.5) is 17.5 Å². The van der Waals surface area contributed by atoms with E-state index in [2.05, 4.69) is 20.2 Å². The number of carbonyl (C=O) groups excluding carboxylic acids is 1. The zero-order chi connectivity index (χ0) is 31.0. The summed E-state index contributed by atoms with van der Waals surface area (Å²) in [6.07, 6.45) is 7.16. The minimum absolute atomic E-state index is 0.00604. The monoisotopic (exact) mass is 617 g/mol. The first-order valence-electron chi connectivity index (χ1n) is 14.8. The van der Waals surface area contributed by atoms with Crippen LogP contribution in [0.3, 0.4) is 0 Å². The van der Waals surface area contributed by atoms with Crippen LogP contribution in [0, 0.1) is 13.8 Å². The van der Waals surface area contributed by atoms with E-state index in [0.717, 1.165) is 36.9 Å². The van der Waals surface area contributed by atoms with Crippen LogP contribution in [0.15, 0.2) is 53.6 Å². The maximum Gasteiger partial charge on any atom is 0.385 e. The molecule has 4 aromatic rings. The number of hydrogen-bond acceptors (Lipinski definition) is 10. The zero-order valence-electron chi connectivity index (χ0n) is 25.0. The van der Waals surface area contributed by atoms with Crippen molar-refractivity contribution in [1.29, 1.82) is 0 Å². The van der Waals surface area contributed by atoms with Crippen molar-refractivity contribution in [3.05, 3.63) is 75.8 Å². The van der Waals surface area contributed by atoms with Crippen molar-refractivity contribution in [2.75, 3.05) is 36.4 Å². The molecule has 2 fully saturated rings. The second kappa shape index (κ2) is 12.0. The molecule has 0 spiro atoms. The summed E-state index contributed by atoms with van der Waals surface area (Å²) in [4.78, 5) is 41.6. The van der Waals surface area contributed by atoms with Gasteiger partial charge in [-0.15, -0.1) is 0 Å². The second-order valence-corrected chi connectivity index (χ2v) is 12.9. The van der Waals surface area contributed by atoms with Crippen LogP contribution >= 0.6 is 0 Å². The summed E-state index contributed by atoms with van der Waals surface area (Å²) in [6, 6.07) is 10.6. The number of carbonyl (C=O) groups is 1. The summed E-state index contributed by atoms with van der Waals surface area (Å²) in [5, 5.41) is 3.82. The van der Waals surface area contributed by atoms with Gasteiger partial charge >= 0.3 is 10.3 Å². The minimum Gasteiger partial charge on any atom is -0.371 e. The topological polar surface area (TPSA) is 140 Å². The average Bonchev–Trinajstić information content (AvgIpc) is 3.53. The normalized spacial score (nSPS) is 16.4. The zero-order valence-corrected chi connectivity index (χ0v) is 25.8. The summed E-state index contributed by atoms with van der Waals surface area (Å²) < 4.78 is 33.9. The van der Waals surface area contributed by atoms with Crippen molar-refractivity contribution in [1.82, 2.24) is 23.8 Å². The van der Waals surface area contributed by atoms with Gasteiger partial charge in [0.1, 0.15) is 17.2 Å². The number of hydrogen-bond donors (Lipinski definition) is 1. The van der Waals surface area contributed by atoms with Crippen molar-refractivity contribution in [2.24, 2.45) is 0 Å². The quantitative estimate of drug-likeness (QED) is 0.285. The Morgan fingerprint density at radius 2 is 1.66 bits per heavy atom. The van der Waals surface area contributed by atoms with Crippen LogP contribution in [0.1, 0.15) is 60.1 Å². The van der Waals surface area contributed by atoms with Crippen molar-refractivity contribution in [2.45, 2.75) is 52.5 Å². The fraction of sp³-hybridized carbons (Fsp3) is 0.387. The van der Waals surface area contributed by atoms with Crippen molar-refractivity contribution in [3.63, 3.8) is 0 Å². The molecule has 2 aliphatic rings. The van der Waals surface area contributed by atoms with Gasteiger partial charge in [0.2, 0.25) is 5.95 Å². The number of nitrogens with zero attached hydrogens (tertiary/aromatic N) is 6. The Bertz CT molecular complexity index is 1860. The van der Waals surface area contributed by atoms with Gasteiger partial charge in [0.25, 0.3) is 5.56 Å². The number of benzene rings is 1. The van der Waals surface area contributed by atoms with Gasteiger partial charge in [-0.1, -0.05) is 30.5 Å². The van der Waals surface area contributed by atoms with Gasteiger partial charge in [-0.2, -0.15) is 17.7 Å². The molecule has 44 heavy (non-hydrogen) atoms. The number of rotatable bonds is 8. The Labute approximate surface area is 256 Å². The third kappa shape index (κ3) is 5.89. The molecule has 230 valence electrons. The van der Waals surface area contributed by atoms with Crippen LogP contribution in [-0.2, 0) is 10.3 Å². The molecule has 0 radical (unpaired) electrons. The number of nitrogens with one attached hydrogen (secondary N) is 1. The van der Waals surface area contributed by atoms with E-state index in [0.29, 0.717) is 47.2 Å². The van der Waals surface area contributed by atoms with E-state index in [-0.39, 0.29) is 36.0 Å². The van der Waals surface area contributed by atoms with Crippen molar-refractivity contribution < 1.29 is 17.4 Å². The van der Waals surface area contributed by atoms with E-state index in [1.165, 1.54) is 11.2 Å². The third-order valence-electron chi connectivity index (χ3n) is 8.38. The summed E-state index contributed by atoms with van der Waals surface area (Å²) >= 11 is 0. The fourth-order valence-electron chi connectivity index (χ4n) is 6.01. The Hall–Kier alpha value is -4.36. The van der Waals surface area contributed by atoms with E-state index >= 15 is 0 Å². The molecule has 1 aromatic carbocycles. The Kier molecular flexibility index (Phi) is 8.08. The number of piperazine rings is 1. The summed E-state index contributed by atoms with van der Waals surface area (Å²) in [6.45, 7) is 6.65. The van der Waals surface area contributed by atoms with Gasteiger partial charge in [0, 0.05) is 43.8 Å². The number of Topliss-reactive ketones (excluding diaryl/α,β-unsaturated/α-hetero) is 1. The number of ketones is 1. The molecular weight excluding hydrogens is 582 g/mol. The molecule has 6 rings (SSSR count). The van der Waals surface area contributed by atoms with Gasteiger partial charge in [-0.25, -0.2) is 9.97 Å². The van der Waals surface area contributed by atoms with Gasteiger partial charge < -0.3 is 14.4 Å². The predicted molar refractivity (Wildman–Crippen MR) is 168 cm³/mol. The van der Waals surface area contributed by atoms with Crippen LogP contribution in [0.5, 0.6) is 5.75 Å². The molecule has 0 unspecified atom stereocenters. The van der Waals surface area contributed by atoms with Crippen molar-refractivity contribution in [3.8, 4) is 5.75 Å². The number of pyridine rings is 2. The lowest BCUT2D eigenvalue weighted by Gasteiger charge is -2.34. The van der Waals surface area contributed by atoms with E-state index < -0.39 is 10.3 Å². The molecule has 0 atom stereocenters. The molecule has 4 heterocycles. The Morgan fingerprint density at radius 3 is 2.30 bits per heavy atom. The maximum atomic E-state index is 13.5. The van der Waals surface area contributed by atoms with Crippen LogP contribution in [0.2, 0.25) is 0 Å². The molecule has 0 amide bonds. The highest BCUT2D eigenvalue weighted by atomic mass is 32.2. The van der Waals surface area contributed by atoms with Crippen LogP contribution in [-0.4, -0.2) is 64.2 Å². The van der Waals surface area contributed by atoms with Crippen molar-refractivity contribution >= 4 is 44.6 Å². The lowest BCUT2D eigenvalue weighted by molar-refractivity contribution is 0.101. The van der Waals surface area contributed by atoms with E-state index in [1.807, 2.05) is 25.1 Å². The first-order chi connectivity index (χ1) is 21.1. The van der Waals surface area contributed by atoms with Crippen LogP contribution in [0.25, 0.3) is 11.0 Å². The fourth-order valence-corrected chi connectivity index (χ4v) is 7.08. The number of aromatic nitrogens is 4. The first kappa shape index (κ1) is 29.7. The molecule has 0 bridgehead atoms. The third-order valence-corrected chi connectivity index (χ3v) is 9.78. The van der Waals surface area contributed by atoms with Gasteiger partial charge in [-0.05, 0) is 63.4 Å². The lowest BCUT2D eigenvalue weighted by Crippen LogP contribution is -2.49. The summed E-state index contributed by atoms with van der Waals surface area (Å²) in [5.74, 6) is 0.851. The predicted octanol–water partition coefficient (Wildman–Crippen LogP) is 4.31. The van der Waals surface area contributed by atoms with E-state index in [9.17, 15) is 18.0 Å². The Balaban J connectivity index is 1.16. The largest absolute Gasteiger partial charge is 0.385 e. The SMILES string of the molecule is CC(=O)c1c(C)c2cnc(Nc3ccc(N4CCN(S(=O)(=O)Oc5ccc(C)cc5)CC4)cn3)nc2n(C2CCCC2)c1=O. The lowest BCUT2D eigenvalue weighted by atomic mass is 10.0. The Morgan fingerprint density at radius 1 is 0.955 bits per heavy atom. The summed E-state index contributed by atoms with van der Waals surface area (Å²) in [7, 11) is -3.90. The smallest absolute Gasteiger partial charge is 0.371 e. The molecule has 1 N–H and O–H groups in total. The first-order valence-corrected chi connectivity index (χ1v) is 16.1. The average molecular weight is 618 g/mol. The highest BCUT2D eigenvalue weighted by Crippen LogP contribution is 2.32. The van der Waals surface area contributed by atoms with E-state index in [1.54, 1.807) is 42.1 Å². The molecule has 1 saturated carbocycles. The highest BCUT2D eigenvalue weighted by molar-refractivity contribution is 7.84. The molecule has 1 aliphatic carbocycles. The van der Waals surface area contributed by atoms with Crippen LogP contribution < -0.4 is 20.0 Å². The maximum absolute atomic E-state index is 13.5. The summed E-state index contributed by atoms with van der Waals surface area (Å²) in [5.41, 5.74) is 2.88. The standard InChI is InChI=1S/C31H35N7O5S/c1-20-8-11-25(12-9-20)43-44(41,42)37-16-14-36(15-17-37)24-10-13-27(32-18-24)34-31-33-19-26-21(2)28(22(3)39)30(40)38(29(26)35-31)23-6-4-5-7-23/h8-13,18-19,23H,4-7,14-17H2,1-3H3,(H,32,33,34,35). The number of aryl methyl sites for hydroxylation is 2. The number of anilines is 3. The highest BCUT2D eigenvalue weighted by Gasteiger charge is 2.29.